The summed E-state index contributed by atoms with van der Waals surface area (Å²) in [5, 5.41) is 6.92. The summed E-state index contributed by atoms with van der Waals surface area (Å²) in [6.45, 7) is 11.2. The van der Waals surface area contributed by atoms with Crippen LogP contribution in [0.1, 0.15) is 46.6 Å². The Morgan fingerprint density at radius 3 is 2.43 bits per heavy atom. The van der Waals surface area contributed by atoms with E-state index in [0.29, 0.717) is 18.2 Å². The number of carbonyl (C=O) groups excluding carboxylic acids is 1. The lowest BCUT2D eigenvalue weighted by molar-refractivity contribution is -0.119. The molecule has 8 nitrogen and oxygen atoms in total. The van der Waals surface area contributed by atoms with Crippen LogP contribution < -0.4 is 9.46 Å². The van der Waals surface area contributed by atoms with Gasteiger partial charge in [-0.15, -0.1) is 0 Å². The van der Waals surface area contributed by atoms with E-state index in [4.69, 9.17) is 16.3 Å². The molecule has 0 saturated heterocycles. The molecule has 0 saturated carbocycles. The van der Waals surface area contributed by atoms with Gasteiger partial charge in [0.05, 0.1) is 17.8 Å². The van der Waals surface area contributed by atoms with E-state index in [1.54, 1.807) is 24.4 Å². The molecule has 0 aliphatic carbocycles. The molecule has 3 aromatic heterocycles. The van der Waals surface area contributed by atoms with Crippen LogP contribution in [0.4, 0.5) is 0 Å². The van der Waals surface area contributed by atoms with Gasteiger partial charge < -0.3 is 9.30 Å². The second-order valence-corrected chi connectivity index (χ2v) is 12.7. The minimum atomic E-state index is -1.71. The van der Waals surface area contributed by atoms with Crippen LogP contribution in [0.15, 0.2) is 59.8 Å². The molecule has 2 aromatic carbocycles. The van der Waals surface area contributed by atoms with Crippen LogP contribution in [0.2, 0.25) is 5.02 Å². The number of benzene rings is 2. The number of nitrogens with one attached hydrogen (secondary N) is 1. The van der Waals surface area contributed by atoms with Crippen molar-refractivity contribution in [3.05, 3.63) is 93.5 Å². The Hall–Kier alpha value is -3.95. The van der Waals surface area contributed by atoms with Gasteiger partial charge in [0.2, 0.25) is 5.91 Å². The molecule has 0 fully saturated rings. The van der Waals surface area contributed by atoms with E-state index < -0.39 is 11.0 Å². The molecule has 10 heteroatoms. The van der Waals surface area contributed by atoms with Gasteiger partial charge in [-0.05, 0) is 88.4 Å². The van der Waals surface area contributed by atoms with Crippen molar-refractivity contribution in [2.75, 3.05) is 6.61 Å². The first-order chi connectivity index (χ1) is 21.1. The monoisotopic (exact) mass is 631 g/mol. The molecule has 1 amide bonds. The minimum absolute atomic E-state index is 0.167. The lowest BCUT2D eigenvalue weighted by Crippen LogP contribution is -2.27. The molecule has 5 rings (SSSR count). The van der Waals surface area contributed by atoms with Gasteiger partial charge in [0.15, 0.2) is 11.0 Å². The smallest absolute Gasteiger partial charge is 0.233 e. The third kappa shape index (κ3) is 6.44. The summed E-state index contributed by atoms with van der Waals surface area (Å²) < 4.78 is 25.5. The van der Waals surface area contributed by atoms with E-state index in [1.165, 1.54) is 5.56 Å². The standard InChI is InChI=1S/C34H38ClN5O3S/c1-21-19-26(20-22(2)33(21)35)43-18-10-13-27-24(4)40(17-15-30(41)38-44(42)31-14-7-8-16-36-31)34-28(27)11-9-12-29(34)32-23(3)37-39(6)25(32)5/h7-9,11-12,14,16,19-20H,10,13,15,17-18H2,1-6H3,(H,38,41). The second-order valence-electron chi connectivity index (χ2n) is 11.1. The molecule has 1 unspecified atom stereocenters. The molecular formula is C34H38ClN5O3S. The number of pyridine rings is 1. The van der Waals surface area contributed by atoms with Crippen molar-refractivity contribution in [3.63, 3.8) is 0 Å². The predicted octanol–water partition coefficient (Wildman–Crippen LogP) is 6.87. The lowest BCUT2D eigenvalue weighted by Gasteiger charge is -2.13. The van der Waals surface area contributed by atoms with Crippen LogP contribution in [0.5, 0.6) is 5.75 Å². The maximum Gasteiger partial charge on any atom is 0.233 e. The predicted molar refractivity (Wildman–Crippen MR) is 176 cm³/mol. The van der Waals surface area contributed by atoms with Crippen LogP contribution in [0.3, 0.4) is 0 Å². The molecular weight excluding hydrogens is 594 g/mol. The number of hydrogen-bond acceptors (Lipinski definition) is 5. The summed E-state index contributed by atoms with van der Waals surface area (Å²) in [5.74, 6) is 0.521. The zero-order valence-corrected chi connectivity index (χ0v) is 27.6. The first kappa shape index (κ1) is 31.5. The van der Waals surface area contributed by atoms with Crippen LogP contribution >= 0.6 is 11.6 Å². The van der Waals surface area contributed by atoms with Gasteiger partial charge in [-0.25, -0.2) is 9.19 Å². The van der Waals surface area contributed by atoms with Crippen LogP contribution in [-0.4, -0.2) is 36.1 Å². The number of hydrogen-bond donors (Lipinski definition) is 1. The van der Waals surface area contributed by atoms with Crippen molar-refractivity contribution < 1.29 is 13.7 Å². The van der Waals surface area contributed by atoms with Gasteiger partial charge in [0, 0.05) is 59.1 Å². The molecule has 0 aliphatic heterocycles. The fraction of sp³-hybridized carbons (Fsp3) is 0.324. The maximum absolute atomic E-state index is 13.0. The number of nitrogens with zero attached hydrogens (tertiary/aromatic N) is 4. The Morgan fingerprint density at radius 2 is 1.77 bits per heavy atom. The topological polar surface area (TPSA) is 91.0 Å². The number of aromatic nitrogens is 4. The summed E-state index contributed by atoms with van der Waals surface area (Å²) in [4.78, 5) is 17.0. The number of halogens is 1. The second kappa shape index (κ2) is 13.4. The van der Waals surface area contributed by atoms with Crippen molar-refractivity contribution in [1.82, 2.24) is 24.1 Å². The molecule has 1 atom stereocenters. The number of rotatable bonds is 11. The van der Waals surface area contributed by atoms with Gasteiger partial charge in [-0.2, -0.15) is 5.10 Å². The van der Waals surface area contributed by atoms with Gasteiger partial charge in [-0.1, -0.05) is 35.9 Å². The Bertz CT molecular complexity index is 1840. The van der Waals surface area contributed by atoms with Crippen molar-refractivity contribution in [2.45, 2.75) is 65.5 Å². The molecule has 0 bridgehead atoms. The first-order valence-corrected chi connectivity index (χ1v) is 16.2. The Labute approximate surface area is 266 Å². The molecule has 44 heavy (non-hydrogen) atoms. The molecule has 0 spiro atoms. The number of fused-ring (bicyclic) bond motifs is 1. The maximum atomic E-state index is 13.0. The largest absolute Gasteiger partial charge is 0.494 e. The highest BCUT2D eigenvalue weighted by atomic mass is 35.5. The number of aryl methyl sites for hydroxylation is 6. The van der Waals surface area contributed by atoms with E-state index >= 15 is 0 Å². The summed E-state index contributed by atoms with van der Waals surface area (Å²) in [7, 11) is 0.242. The first-order valence-electron chi connectivity index (χ1n) is 14.7. The van der Waals surface area contributed by atoms with Crippen LogP contribution in [-0.2, 0) is 35.8 Å². The van der Waals surface area contributed by atoms with E-state index in [9.17, 15) is 9.00 Å². The number of amides is 1. The number of para-hydroxylation sites is 1. The third-order valence-corrected chi connectivity index (χ3v) is 9.73. The average Bonchev–Trinajstić information content (AvgIpc) is 3.42. The SMILES string of the molecule is Cc1cc(OCCCc2c(C)n(CCC(=O)NS(=O)c3ccccn3)c3c(-c4c(C)nn(C)c4C)cccc23)cc(C)c1Cl. The number of carbonyl (C=O) groups is 1. The minimum Gasteiger partial charge on any atom is -0.494 e. The zero-order valence-electron chi connectivity index (χ0n) is 26.0. The zero-order chi connectivity index (χ0) is 31.5. The van der Waals surface area contributed by atoms with Crippen molar-refractivity contribution in [2.24, 2.45) is 7.05 Å². The molecule has 0 radical (unpaired) electrons. The summed E-state index contributed by atoms with van der Waals surface area (Å²) >= 11 is 6.34. The normalized spacial score (nSPS) is 12.1. The van der Waals surface area contributed by atoms with Crippen molar-refractivity contribution in [3.8, 4) is 16.9 Å². The Morgan fingerprint density at radius 1 is 1.02 bits per heavy atom. The highest BCUT2D eigenvalue weighted by Crippen LogP contribution is 2.37. The summed E-state index contributed by atoms with van der Waals surface area (Å²) in [5.41, 5.74) is 9.62. The van der Waals surface area contributed by atoms with Crippen LogP contribution in [0.25, 0.3) is 22.0 Å². The third-order valence-electron chi connectivity index (χ3n) is 8.10. The highest BCUT2D eigenvalue weighted by Gasteiger charge is 2.22. The Balaban J connectivity index is 1.43. The van der Waals surface area contributed by atoms with E-state index in [-0.39, 0.29) is 12.3 Å². The lowest BCUT2D eigenvalue weighted by atomic mass is 9.98. The van der Waals surface area contributed by atoms with Crippen molar-refractivity contribution in [1.29, 1.82) is 0 Å². The van der Waals surface area contributed by atoms with E-state index in [2.05, 4.69) is 51.4 Å². The van der Waals surface area contributed by atoms with E-state index in [1.807, 2.05) is 44.6 Å². The average molecular weight is 632 g/mol. The number of ether oxygens (including phenoxy) is 1. The van der Waals surface area contributed by atoms with Crippen molar-refractivity contribution >= 4 is 39.4 Å². The molecule has 3 heterocycles. The quantitative estimate of drug-likeness (QED) is 0.161. The van der Waals surface area contributed by atoms with Crippen LogP contribution in [0, 0.1) is 34.6 Å². The Kier molecular flexibility index (Phi) is 9.56. The van der Waals surface area contributed by atoms with E-state index in [0.717, 1.165) is 73.9 Å². The summed E-state index contributed by atoms with van der Waals surface area (Å²) in [6.07, 6.45) is 3.35. The fourth-order valence-electron chi connectivity index (χ4n) is 5.87. The van der Waals surface area contributed by atoms with Gasteiger partial charge >= 0.3 is 0 Å². The van der Waals surface area contributed by atoms with Gasteiger partial charge in [-0.3, -0.25) is 14.2 Å². The molecule has 0 aliphatic rings. The molecule has 230 valence electrons. The van der Waals surface area contributed by atoms with Gasteiger partial charge in [0.1, 0.15) is 10.8 Å². The van der Waals surface area contributed by atoms with Gasteiger partial charge in [0.25, 0.3) is 0 Å². The molecule has 5 aromatic rings. The highest BCUT2D eigenvalue weighted by molar-refractivity contribution is 7.83. The molecule has 1 N–H and O–H groups in total. The fourth-order valence-corrected chi connectivity index (χ4v) is 6.75. The summed E-state index contributed by atoms with van der Waals surface area (Å²) in [6, 6.07) is 15.5.